The summed E-state index contributed by atoms with van der Waals surface area (Å²) in [5.41, 5.74) is 0.655. The second-order valence-corrected chi connectivity index (χ2v) is 4.60. The predicted molar refractivity (Wildman–Crippen MR) is 69.5 cm³/mol. The third-order valence-corrected chi connectivity index (χ3v) is 2.79. The second kappa shape index (κ2) is 5.76. The summed E-state index contributed by atoms with van der Waals surface area (Å²) in [5.74, 6) is 0.427. The van der Waals surface area contributed by atoms with E-state index >= 15 is 0 Å². The van der Waals surface area contributed by atoms with Crippen molar-refractivity contribution in [3.8, 4) is 0 Å². The van der Waals surface area contributed by atoms with Gasteiger partial charge in [-0.3, -0.25) is 4.79 Å². The van der Waals surface area contributed by atoms with Crippen LogP contribution in [0.15, 0.2) is 35.1 Å². The molecule has 0 saturated heterocycles. The quantitative estimate of drug-likeness (QED) is 0.858. The molecule has 1 amide bonds. The molecule has 0 saturated carbocycles. The molecule has 6 heteroatoms. The van der Waals surface area contributed by atoms with Gasteiger partial charge in [-0.2, -0.15) is 4.98 Å². The van der Waals surface area contributed by atoms with Crippen molar-refractivity contribution in [1.29, 1.82) is 0 Å². The molecule has 1 aromatic carbocycles. The largest absolute Gasteiger partial charge is 0.352 e. The van der Waals surface area contributed by atoms with Gasteiger partial charge in [-0.1, -0.05) is 11.2 Å². The van der Waals surface area contributed by atoms with Crippen molar-refractivity contribution < 1.29 is 9.32 Å². The molecular weight excluding hydrogens is 333 g/mol. The molecule has 0 aliphatic heterocycles. The lowest BCUT2D eigenvalue weighted by Crippen LogP contribution is -2.25. The standard InChI is InChI=1S/C11H10IN3O2/c12-9-3-1-2-8(6-9)11(16)13-5-4-10-14-7-15-17-10/h1-3,6-7H,4-5H2,(H,13,16). The molecule has 5 nitrogen and oxygen atoms in total. The molecule has 2 rings (SSSR count). The second-order valence-electron chi connectivity index (χ2n) is 3.35. The molecule has 88 valence electrons. The zero-order valence-electron chi connectivity index (χ0n) is 8.89. The van der Waals surface area contributed by atoms with Gasteiger partial charge in [-0.15, -0.1) is 0 Å². The highest BCUT2D eigenvalue weighted by Gasteiger charge is 2.06. The first-order chi connectivity index (χ1) is 8.25. The van der Waals surface area contributed by atoms with Crippen molar-refractivity contribution in [2.75, 3.05) is 6.54 Å². The third kappa shape index (κ3) is 3.52. The van der Waals surface area contributed by atoms with Crippen LogP contribution in [0.1, 0.15) is 16.2 Å². The average Bonchev–Trinajstić information content (AvgIpc) is 2.82. The molecule has 0 radical (unpaired) electrons. The van der Waals surface area contributed by atoms with E-state index in [1.807, 2.05) is 18.2 Å². The minimum absolute atomic E-state index is 0.0944. The summed E-state index contributed by atoms with van der Waals surface area (Å²) in [6.45, 7) is 0.479. The van der Waals surface area contributed by atoms with Crippen LogP contribution in [0.4, 0.5) is 0 Å². The summed E-state index contributed by atoms with van der Waals surface area (Å²) in [6, 6.07) is 7.41. The van der Waals surface area contributed by atoms with E-state index in [9.17, 15) is 4.79 Å². The van der Waals surface area contributed by atoms with Gasteiger partial charge in [-0.25, -0.2) is 0 Å². The molecule has 0 bridgehead atoms. The molecule has 0 atom stereocenters. The number of nitrogens with one attached hydrogen (secondary N) is 1. The number of rotatable bonds is 4. The van der Waals surface area contributed by atoms with Crippen LogP contribution in [0, 0.1) is 3.57 Å². The first kappa shape index (κ1) is 12.0. The molecule has 0 unspecified atom stereocenters. The van der Waals surface area contributed by atoms with Crippen molar-refractivity contribution in [1.82, 2.24) is 15.5 Å². The number of carbonyl (C=O) groups is 1. The maximum atomic E-state index is 11.7. The maximum Gasteiger partial charge on any atom is 0.251 e. The van der Waals surface area contributed by atoms with Crippen LogP contribution in [0.3, 0.4) is 0 Å². The number of benzene rings is 1. The Balaban J connectivity index is 1.85. The van der Waals surface area contributed by atoms with Gasteiger partial charge in [-0.05, 0) is 40.8 Å². The van der Waals surface area contributed by atoms with Crippen molar-refractivity contribution >= 4 is 28.5 Å². The Hall–Kier alpha value is -1.44. The lowest BCUT2D eigenvalue weighted by molar-refractivity contribution is 0.0953. The fraction of sp³-hybridized carbons (Fsp3) is 0.182. The van der Waals surface area contributed by atoms with Gasteiger partial charge in [0.05, 0.1) is 0 Å². The van der Waals surface area contributed by atoms with Crippen molar-refractivity contribution in [2.24, 2.45) is 0 Å². The van der Waals surface area contributed by atoms with Gasteiger partial charge >= 0.3 is 0 Å². The minimum atomic E-state index is -0.0944. The Morgan fingerprint density at radius 2 is 2.35 bits per heavy atom. The molecule has 1 heterocycles. The van der Waals surface area contributed by atoms with E-state index in [2.05, 4.69) is 38.0 Å². The molecule has 1 N–H and O–H groups in total. The smallest absolute Gasteiger partial charge is 0.251 e. The van der Waals surface area contributed by atoms with E-state index in [1.165, 1.54) is 6.33 Å². The predicted octanol–water partition coefficient (Wildman–Crippen LogP) is 1.65. The Kier molecular flexibility index (Phi) is 4.08. The van der Waals surface area contributed by atoms with Crippen LogP contribution in [0.2, 0.25) is 0 Å². The maximum absolute atomic E-state index is 11.7. The summed E-state index contributed by atoms with van der Waals surface area (Å²) in [5, 5.41) is 6.28. The van der Waals surface area contributed by atoms with E-state index < -0.39 is 0 Å². The fourth-order valence-electron chi connectivity index (χ4n) is 1.32. The number of hydrogen-bond donors (Lipinski definition) is 1. The van der Waals surface area contributed by atoms with Crippen LogP contribution in [-0.4, -0.2) is 22.6 Å². The number of carbonyl (C=O) groups excluding carboxylic acids is 1. The highest BCUT2D eigenvalue weighted by atomic mass is 127. The van der Waals surface area contributed by atoms with E-state index in [0.29, 0.717) is 24.4 Å². The normalized spacial score (nSPS) is 10.2. The molecule has 0 fully saturated rings. The van der Waals surface area contributed by atoms with Gasteiger partial charge in [0.15, 0.2) is 6.33 Å². The summed E-state index contributed by atoms with van der Waals surface area (Å²) in [4.78, 5) is 15.6. The van der Waals surface area contributed by atoms with Crippen molar-refractivity contribution in [3.05, 3.63) is 45.6 Å². The van der Waals surface area contributed by atoms with E-state index in [4.69, 9.17) is 4.52 Å². The number of halogens is 1. The van der Waals surface area contributed by atoms with Crippen molar-refractivity contribution in [2.45, 2.75) is 6.42 Å². The number of nitrogens with zero attached hydrogens (tertiary/aromatic N) is 2. The number of aromatic nitrogens is 2. The van der Waals surface area contributed by atoms with Gasteiger partial charge < -0.3 is 9.84 Å². The van der Waals surface area contributed by atoms with Gasteiger partial charge in [0.25, 0.3) is 5.91 Å². The Bertz CT molecular complexity index is 499. The first-order valence-electron chi connectivity index (χ1n) is 5.05. The summed E-state index contributed by atoms with van der Waals surface area (Å²) in [6.07, 6.45) is 1.88. The molecular formula is C11H10IN3O2. The molecule has 2 aromatic rings. The molecule has 0 aliphatic rings. The summed E-state index contributed by atoms with van der Waals surface area (Å²) in [7, 11) is 0. The molecule has 1 aromatic heterocycles. The average molecular weight is 343 g/mol. The monoisotopic (exact) mass is 343 g/mol. The van der Waals surface area contributed by atoms with Crippen LogP contribution in [0.25, 0.3) is 0 Å². The van der Waals surface area contributed by atoms with Gasteiger partial charge in [0.1, 0.15) is 0 Å². The number of amides is 1. The third-order valence-electron chi connectivity index (χ3n) is 2.12. The zero-order chi connectivity index (χ0) is 12.1. The summed E-state index contributed by atoms with van der Waals surface area (Å²) < 4.78 is 5.86. The van der Waals surface area contributed by atoms with E-state index in [0.717, 1.165) is 3.57 Å². The topological polar surface area (TPSA) is 68.0 Å². The highest BCUT2D eigenvalue weighted by molar-refractivity contribution is 14.1. The molecule has 17 heavy (non-hydrogen) atoms. The minimum Gasteiger partial charge on any atom is -0.352 e. The van der Waals surface area contributed by atoms with Gasteiger partial charge in [0, 0.05) is 22.1 Å². The Morgan fingerprint density at radius 3 is 3.06 bits per heavy atom. The number of hydrogen-bond acceptors (Lipinski definition) is 4. The van der Waals surface area contributed by atoms with Crippen LogP contribution < -0.4 is 5.32 Å². The Labute approximate surface area is 112 Å². The lowest BCUT2D eigenvalue weighted by Gasteiger charge is -2.03. The highest BCUT2D eigenvalue weighted by Crippen LogP contribution is 2.07. The summed E-state index contributed by atoms with van der Waals surface area (Å²) >= 11 is 2.17. The van der Waals surface area contributed by atoms with Crippen molar-refractivity contribution in [3.63, 3.8) is 0 Å². The lowest BCUT2D eigenvalue weighted by atomic mass is 10.2. The van der Waals surface area contributed by atoms with E-state index in [1.54, 1.807) is 6.07 Å². The fourth-order valence-corrected chi connectivity index (χ4v) is 1.86. The van der Waals surface area contributed by atoms with E-state index in [-0.39, 0.29) is 5.91 Å². The SMILES string of the molecule is O=C(NCCc1ncno1)c1cccc(I)c1. The first-order valence-corrected chi connectivity index (χ1v) is 6.13. The van der Waals surface area contributed by atoms with Crippen LogP contribution >= 0.6 is 22.6 Å². The molecule has 0 spiro atoms. The Morgan fingerprint density at radius 1 is 1.47 bits per heavy atom. The van der Waals surface area contributed by atoms with Crippen LogP contribution in [0.5, 0.6) is 0 Å². The molecule has 0 aliphatic carbocycles. The zero-order valence-corrected chi connectivity index (χ0v) is 11.0. The van der Waals surface area contributed by atoms with Gasteiger partial charge in [0.2, 0.25) is 5.89 Å². The van der Waals surface area contributed by atoms with Crippen LogP contribution in [-0.2, 0) is 6.42 Å².